The molecule has 21 heavy (non-hydrogen) atoms. The van der Waals surface area contributed by atoms with Crippen LogP contribution in [0.1, 0.15) is 24.5 Å². The number of rotatable bonds is 6. The monoisotopic (exact) mass is 290 g/mol. The summed E-state index contributed by atoms with van der Waals surface area (Å²) in [6.45, 7) is 1.57. The highest BCUT2D eigenvalue weighted by atomic mass is 19.1. The predicted molar refractivity (Wildman–Crippen MR) is 78.4 cm³/mol. The number of aliphatic hydroxyl groups excluding tert-OH is 1. The Morgan fingerprint density at radius 3 is 2.48 bits per heavy atom. The van der Waals surface area contributed by atoms with Crippen LogP contribution in [0, 0.1) is 5.82 Å². The fraction of sp³-hybridized carbons (Fsp3) is 0.294. The molecule has 0 aliphatic heterocycles. The molecule has 2 aromatic carbocycles. The van der Waals surface area contributed by atoms with E-state index in [1.807, 2.05) is 30.3 Å². The molecule has 0 unspecified atom stereocenters. The minimum Gasteiger partial charge on any atom is -0.489 e. The van der Waals surface area contributed by atoms with Gasteiger partial charge in [0.1, 0.15) is 23.8 Å². The molecule has 0 amide bonds. The van der Waals surface area contributed by atoms with Gasteiger partial charge in [-0.1, -0.05) is 37.3 Å². The minimum absolute atomic E-state index is 0.283. The van der Waals surface area contributed by atoms with Crippen LogP contribution >= 0.6 is 0 Å². The molecule has 1 atom stereocenters. The van der Waals surface area contributed by atoms with E-state index in [1.54, 1.807) is 13.0 Å². The van der Waals surface area contributed by atoms with Crippen molar-refractivity contribution in [2.45, 2.75) is 25.6 Å². The van der Waals surface area contributed by atoms with Gasteiger partial charge >= 0.3 is 0 Å². The Hall–Kier alpha value is -1.91. The summed E-state index contributed by atoms with van der Waals surface area (Å²) in [5.41, 5.74) is -0.167. The number of aliphatic hydroxyl groups is 2. The highest BCUT2D eigenvalue weighted by Gasteiger charge is 2.27. The molecule has 0 aliphatic carbocycles. The van der Waals surface area contributed by atoms with Crippen LogP contribution in [0.3, 0.4) is 0 Å². The second-order valence-electron chi connectivity index (χ2n) is 4.99. The highest BCUT2D eigenvalue weighted by Crippen LogP contribution is 2.29. The van der Waals surface area contributed by atoms with Crippen LogP contribution in [0.5, 0.6) is 5.75 Å². The minimum atomic E-state index is -1.45. The number of halogens is 1. The molecule has 0 spiro atoms. The van der Waals surface area contributed by atoms with E-state index in [2.05, 4.69) is 0 Å². The maximum absolute atomic E-state index is 13.7. The molecule has 0 fully saturated rings. The molecule has 2 N–H and O–H groups in total. The standard InChI is InChI=1S/C17H19FO3/c1-2-17(20,12-19)14-8-15(18)10-16(9-14)21-11-13-6-4-3-5-7-13/h3-10,19-20H,2,11-12H2,1H3/t17-/m1/s1. The maximum Gasteiger partial charge on any atom is 0.127 e. The van der Waals surface area contributed by atoms with E-state index in [1.165, 1.54) is 12.1 Å². The lowest BCUT2D eigenvalue weighted by atomic mass is 9.92. The first-order chi connectivity index (χ1) is 10.1. The first-order valence-electron chi connectivity index (χ1n) is 6.88. The quantitative estimate of drug-likeness (QED) is 0.860. The van der Waals surface area contributed by atoms with Gasteiger partial charge in [0.05, 0.1) is 6.61 Å². The molecule has 0 saturated heterocycles. The van der Waals surface area contributed by atoms with Gasteiger partial charge in [0.25, 0.3) is 0 Å². The molecule has 112 valence electrons. The van der Waals surface area contributed by atoms with Crippen molar-refractivity contribution in [3.63, 3.8) is 0 Å². The van der Waals surface area contributed by atoms with Gasteiger partial charge < -0.3 is 14.9 Å². The molecule has 2 rings (SSSR count). The fourth-order valence-electron chi connectivity index (χ4n) is 2.06. The number of hydrogen-bond acceptors (Lipinski definition) is 3. The summed E-state index contributed by atoms with van der Waals surface area (Å²) in [7, 11) is 0. The van der Waals surface area contributed by atoms with Gasteiger partial charge in [-0.25, -0.2) is 4.39 Å². The first-order valence-corrected chi connectivity index (χ1v) is 6.88. The summed E-state index contributed by atoms with van der Waals surface area (Å²) in [4.78, 5) is 0. The summed E-state index contributed by atoms with van der Waals surface area (Å²) >= 11 is 0. The molecule has 0 aromatic heterocycles. The molecule has 0 heterocycles. The van der Waals surface area contributed by atoms with Crippen molar-refractivity contribution in [1.82, 2.24) is 0 Å². The maximum atomic E-state index is 13.7. The molecule has 0 saturated carbocycles. The van der Waals surface area contributed by atoms with E-state index >= 15 is 0 Å². The van der Waals surface area contributed by atoms with Crippen LogP contribution in [0.15, 0.2) is 48.5 Å². The second kappa shape index (κ2) is 6.70. The molecular formula is C17H19FO3. The summed E-state index contributed by atoms with van der Waals surface area (Å²) in [5, 5.41) is 19.6. The number of hydrogen-bond donors (Lipinski definition) is 2. The smallest absolute Gasteiger partial charge is 0.127 e. The third-order valence-electron chi connectivity index (χ3n) is 3.50. The highest BCUT2D eigenvalue weighted by molar-refractivity contribution is 5.33. The lowest BCUT2D eigenvalue weighted by molar-refractivity contribution is -0.0226. The van der Waals surface area contributed by atoms with Gasteiger partial charge in [0.15, 0.2) is 0 Å². The van der Waals surface area contributed by atoms with E-state index in [-0.39, 0.29) is 6.42 Å². The summed E-state index contributed by atoms with van der Waals surface area (Å²) in [5.74, 6) is -0.176. The Kier molecular flexibility index (Phi) is 4.94. The summed E-state index contributed by atoms with van der Waals surface area (Å²) < 4.78 is 19.2. The van der Waals surface area contributed by atoms with E-state index in [4.69, 9.17) is 4.74 Å². The average Bonchev–Trinajstić information content (AvgIpc) is 2.52. The number of ether oxygens (including phenoxy) is 1. The molecule has 2 aromatic rings. The predicted octanol–water partition coefficient (Wildman–Crippen LogP) is 2.99. The molecule has 0 bridgehead atoms. The summed E-state index contributed by atoms with van der Waals surface area (Å²) in [6.07, 6.45) is 0.283. The molecule has 3 nitrogen and oxygen atoms in total. The molecule has 0 aliphatic rings. The van der Waals surface area contributed by atoms with Crippen molar-refractivity contribution in [1.29, 1.82) is 0 Å². The van der Waals surface area contributed by atoms with Crippen molar-refractivity contribution in [3.8, 4) is 5.75 Å². The van der Waals surface area contributed by atoms with Crippen LogP contribution in [0.2, 0.25) is 0 Å². The van der Waals surface area contributed by atoms with Crippen LogP contribution < -0.4 is 4.74 Å². The molecule has 0 radical (unpaired) electrons. The Morgan fingerprint density at radius 1 is 1.14 bits per heavy atom. The van der Waals surface area contributed by atoms with Crippen LogP contribution in [-0.4, -0.2) is 16.8 Å². The first kappa shape index (κ1) is 15.5. The van der Waals surface area contributed by atoms with Crippen LogP contribution in [-0.2, 0) is 12.2 Å². The topological polar surface area (TPSA) is 49.7 Å². The van der Waals surface area contributed by atoms with E-state index in [0.717, 1.165) is 5.56 Å². The zero-order valence-electron chi connectivity index (χ0n) is 11.9. The fourth-order valence-corrected chi connectivity index (χ4v) is 2.06. The van der Waals surface area contributed by atoms with E-state index < -0.39 is 18.0 Å². The summed E-state index contributed by atoms with van der Waals surface area (Å²) in [6, 6.07) is 13.6. The van der Waals surface area contributed by atoms with E-state index in [9.17, 15) is 14.6 Å². The zero-order valence-corrected chi connectivity index (χ0v) is 11.9. The van der Waals surface area contributed by atoms with Crippen molar-refractivity contribution in [2.24, 2.45) is 0 Å². The van der Waals surface area contributed by atoms with Gasteiger partial charge in [0.2, 0.25) is 0 Å². The Morgan fingerprint density at radius 2 is 1.86 bits per heavy atom. The van der Waals surface area contributed by atoms with Crippen molar-refractivity contribution >= 4 is 0 Å². The van der Waals surface area contributed by atoms with Gasteiger partial charge in [0, 0.05) is 6.07 Å². The SMILES string of the molecule is CC[C@@](O)(CO)c1cc(F)cc(OCc2ccccc2)c1. The normalized spacial score (nSPS) is 13.7. The average molecular weight is 290 g/mol. The zero-order chi connectivity index (χ0) is 15.3. The largest absolute Gasteiger partial charge is 0.489 e. The Balaban J connectivity index is 2.19. The Labute approximate surface area is 123 Å². The van der Waals surface area contributed by atoms with Crippen molar-refractivity contribution in [2.75, 3.05) is 6.61 Å². The third-order valence-corrected chi connectivity index (χ3v) is 3.50. The van der Waals surface area contributed by atoms with Gasteiger partial charge in [-0.15, -0.1) is 0 Å². The lowest BCUT2D eigenvalue weighted by Crippen LogP contribution is -2.29. The van der Waals surface area contributed by atoms with Gasteiger partial charge in [-0.3, -0.25) is 0 Å². The van der Waals surface area contributed by atoms with Gasteiger partial charge in [-0.2, -0.15) is 0 Å². The third kappa shape index (κ3) is 3.80. The van der Waals surface area contributed by atoms with Crippen molar-refractivity contribution < 1.29 is 19.3 Å². The van der Waals surface area contributed by atoms with Crippen molar-refractivity contribution in [3.05, 3.63) is 65.5 Å². The van der Waals surface area contributed by atoms with E-state index in [0.29, 0.717) is 17.9 Å². The molecular weight excluding hydrogens is 271 g/mol. The Bertz CT molecular complexity index is 580. The van der Waals surface area contributed by atoms with Crippen LogP contribution in [0.25, 0.3) is 0 Å². The number of benzene rings is 2. The second-order valence-corrected chi connectivity index (χ2v) is 4.99. The van der Waals surface area contributed by atoms with Gasteiger partial charge in [-0.05, 0) is 29.7 Å². The molecule has 4 heteroatoms. The van der Waals surface area contributed by atoms with Crippen LogP contribution in [0.4, 0.5) is 4.39 Å². The lowest BCUT2D eigenvalue weighted by Gasteiger charge is -2.25.